The molecule has 1 aromatic carbocycles. The number of nitrogens with zero attached hydrogens (tertiary/aromatic N) is 1. The molecule has 1 atom stereocenters. The number of nitrogens with one attached hydrogen (secondary N) is 2. The van der Waals surface area contributed by atoms with Crippen molar-refractivity contribution in [3.8, 4) is 0 Å². The molecular weight excluding hydrogens is 269 g/mol. The number of halogens is 1. The first kappa shape index (κ1) is 14.3. The van der Waals surface area contributed by atoms with Gasteiger partial charge in [-0.15, -0.1) is 0 Å². The minimum atomic E-state index is -0.745. The van der Waals surface area contributed by atoms with Crippen molar-refractivity contribution in [2.24, 2.45) is 0 Å². The molecule has 1 unspecified atom stereocenters. The van der Waals surface area contributed by atoms with Gasteiger partial charge in [-0.3, -0.25) is 0 Å². The fourth-order valence-corrected chi connectivity index (χ4v) is 3.04. The van der Waals surface area contributed by atoms with Gasteiger partial charge in [0.05, 0.1) is 0 Å². The number of urea groups is 1. The van der Waals surface area contributed by atoms with E-state index in [4.69, 9.17) is 0 Å². The van der Waals surface area contributed by atoms with Gasteiger partial charge in [0.15, 0.2) is 0 Å². The number of amides is 2. The predicted molar refractivity (Wildman–Crippen MR) is 79.9 cm³/mol. The Labute approximate surface area is 124 Å². The zero-order valence-electron chi connectivity index (χ0n) is 12.1. The molecule has 0 aromatic heterocycles. The van der Waals surface area contributed by atoms with Crippen LogP contribution in [-0.2, 0) is 13.0 Å². The lowest BCUT2D eigenvalue weighted by atomic mass is 9.96. The van der Waals surface area contributed by atoms with Crippen LogP contribution in [-0.4, -0.2) is 42.8 Å². The van der Waals surface area contributed by atoms with Crippen LogP contribution in [0.1, 0.15) is 24.0 Å². The third-order valence-corrected chi connectivity index (χ3v) is 4.38. The van der Waals surface area contributed by atoms with Crippen LogP contribution in [0.25, 0.3) is 0 Å². The molecule has 2 amide bonds. The van der Waals surface area contributed by atoms with Crippen LogP contribution in [0.15, 0.2) is 24.3 Å². The van der Waals surface area contributed by atoms with Crippen LogP contribution in [0.3, 0.4) is 0 Å². The zero-order chi connectivity index (χ0) is 14.7. The summed E-state index contributed by atoms with van der Waals surface area (Å²) in [7, 11) is 0. The van der Waals surface area contributed by atoms with E-state index in [1.807, 2.05) is 0 Å². The summed E-state index contributed by atoms with van der Waals surface area (Å²) < 4.78 is 13.1. The van der Waals surface area contributed by atoms with Gasteiger partial charge in [-0.1, -0.05) is 24.3 Å². The molecule has 0 spiro atoms. The number of hydrogen-bond donors (Lipinski definition) is 2. The average Bonchev–Trinajstić information content (AvgIpc) is 2.53. The molecule has 2 N–H and O–H groups in total. The topological polar surface area (TPSA) is 44.4 Å². The first-order valence-corrected chi connectivity index (χ1v) is 7.69. The van der Waals surface area contributed by atoms with Crippen LogP contribution in [0.5, 0.6) is 0 Å². The third kappa shape index (κ3) is 3.53. The maximum Gasteiger partial charge on any atom is 0.317 e. The first-order chi connectivity index (χ1) is 10.2. The van der Waals surface area contributed by atoms with E-state index in [0.29, 0.717) is 32.5 Å². The summed E-state index contributed by atoms with van der Waals surface area (Å²) in [6.07, 6.45) is 1.11. The van der Waals surface area contributed by atoms with E-state index in [9.17, 15) is 9.18 Å². The van der Waals surface area contributed by atoms with Crippen molar-refractivity contribution in [2.45, 2.75) is 38.0 Å². The molecule has 0 bridgehead atoms. The second-order valence-electron chi connectivity index (χ2n) is 5.90. The molecule has 21 heavy (non-hydrogen) atoms. The van der Waals surface area contributed by atoms with Gasteiger partial charge < -0.3 is 15.5 Å². The van der Waals surface area contributed by atoms with E-state index in [1.54, 1.807) is 4.90 Å². The molecule has 5 heteroatoms. The smallest absolute Gasteiger partial charge is 0.317 e. The Morgan fingerprint density at radius 3 is 2.76 bits per heavy atom. The van der Waals surface area contributed by atoms with Crippen LogP contribution >= 0.6 is 0 Å². The molecule has 2 aliphatic heterocycles. The van der Waals surface area contributed by atoms with Gasteiger partial charge >= 0.3 is 6.03 Å². The predicted octanol–water partition coefficient (Wildman–Crippen LogP) is 1.84. The van der Waals surface area contributed by atoms with Crippen LogP contribution in [0.4, 0.5) is 9.18 Å². The normalized spacial score (nSPS) is 22.7. The fourth-order valence-electron chi connectivity index (χ4n) is 3.04. The van der Waals surface area contributed by atoms with E-state index < -0.39 is 6.17 Å². The number of fused-ring (bicyclic) bond motifs is 1. The average molecular weight is 291 g/mol. The van der Waals surface area contributed by atoms with Gasteiger partial charge in [0.25, 0.3) is 0 Å². The molecule has 1 aromatic rings. The largest absolute Gasteiger partial charge is 0.336 e. The van der Waals surface area contributed by atoms with Gasteiger partial charge in [-0.05, 0) is 30.4 Å². The number of benzene rings is 1. The van der Waals surface area contributed by atoms with Crippen molar-refractivity contribution < 1.29 is 9.18 Å². The highest BCUT2D eigenvalue weighted by molar-refractivity contribution is 5.74. The Kier molecular flexibility index (Phi) is 4.39. The number of alkyl halides is 1. The van der Waals surface area contributed by atoms with Crippen molar-refractivity contribution in [1.82, 2.24) is 15.5 Å². The zero-order valence-corrected chi connectivity index (χ0v) is 12.1. The molecule has 0 radical (unpaired) electrons. The van der Waals surface area contributed by atoms with E-state index >= 15 is 0 Å². The second kappa shape index (κ2) is 6.43. The summed E-state index contributed by atoms with van der Waals surface area (Å²) in [4.78, 5) is 13.8. The Morgan fingerprint density at radius 2 is 2.00 bits per heavy atom. The molecule has 1 saturated heterocycles. The van der Waals surface area contributed by atoms with Crippen molar-refractivity contribution in [3.05, 3.63) is 35.4 Å². The molecular formula is C16H22FN3O. The number of hydrogen-bond acceptors (Lipinski definition) is 2. The molecule has 0 saturated carbocycles. The summed E-state index contributed by atoms with van der Waals surface area (Å²) in [5.74, 6) is 0. The van der Waals surface area contributed by atoms with E-state index in [2.05, 4.69) is 34.9 Å². The Balaban J connectivity index is 1.47. The van der Waals surface area contributed by atoms with Crippen LogP contribution < -0.4 is 10.6 Å². The molecule has 4 nitrogen and oxygen atoms in total. The number of likely N-dealkylation sites (tertiary alicyclic amines) is 1. The van der Waals surface area contributed by atoms with Crippen molar-refractivity contribution in [1.29, 1.82) is 0 Å². The SMILES string of the molecule is O=C(NCC1Cc2ccccc2CN1)N1CCC(F)CC1. The second-order valence-corrected chi connectivity index (χ2v) is 5.90. The number of rotatable bonds is 2. The Bertz CT molecular complexity index is 500. The molecule has 1 fully saturated rings. The highest BCUT2D eigenvalue weighted by Gasteiger charge is 2.23. The Hall–Kier alpha value is -1.62. The monoisotopic (exact) mass is 291 g/mol. The molecule has 3 rings (SSSR count). The van der Waals surface area contributed by atoms with Crippen molar-refractivity contribution in [3.63, 3.8) is 0 Å². The summed E-state index contributed by atoms with van der Waals surface area (Å²) in [6.45, 7) is 2.51. The molecule has 114 valence electrons. The number of carbonyl (C=O) groups excluding carboxylic acids is 1. The lowest BCUT2D eigenvalue weighted by molar-refractivity contribution is 0.152. The van der Waals surface area contributed by atoms with Crippen molar-refractivity contribution in [2.75, 3.05) is 19.6 Å². The summed E-state index contributed by atoms with van der Waals surface area (Å²) in [5.41, 5.74) is 2.69. The van der Waals surface area contributed by atoms with Gasteiger partial charge in [-0.25, -0.2) is 9.18 Å². The maximum absolute atomic E-state index is 13.1. The summed E-state index contributed by atoms with van der Waals surface area (Å²) in [5, 5.41) is 6.42. The van der Waals surface area contributed by atoms with E-state index in [0.717, 1.165) is 13.0 Å². The maximum atomic E-state index is 13.1. The summed E-state index contributed by atoms with van der Waals surface area (Å²) >= 11 is 0. The third-order valence-electron chi connectivity index (χ3n) is 4.38. The molecule has 2 heterocycles. The van der Waals surface area contributed by atoms with Gasteiger partial charge in [0, 0.05) is 32.2 Å². The molecule has 2 aliphatic rings. The van der Waals surface area contributed by atoms with Crippen molar-refractivity contribution >= 4 is 6.03 Å². The number of piperidine rings is 1. The quantitative estimate of drug-likeness (QED) is 0.873. The van der Waals surface area contributed by atoms with Crippen LogP contribution in [0, 0.1) is 0 Å². The molecule has 0 aliphatic carbocycles. The minimum absolute atomic E-state index is 0.0671. The van der Waals surface area contributed by atoms with E-state index in [1.165, 1.54) is 11.1 Å². The highest BCUT2D eigenvalue weighted by Crippen LogP contribution is 2.16. The summed E-state index contributed by atoms with van der Waals surface area (Å²) in [6, 6.07) is 8.60. The standard InChI is InChI=1S/C16H22FN3O/c17-14-5-7-20(8-6-14)16(21)19-11-15-9-12-3-1-2-4-13(12)10-18-15/h1-4,14-15,18H,5-11H2,(H,19,21). The van der Waals surface area contributed by atoms with Gasteiger partial charge in [0.1, 0.15) is 6.17 Å². The van der Waals surface area contributed by atoms with Crippen LogP contribution in [0.2, 0.25) is 0 Å². The number of carbonyl (C=O) groups is 1. The first-order valence-electron chi connectivity index (χ1n) is 7.69. The lowest BCUT2D eigenvalue weighted by Gasteiger charge is -2.31. The van der Waals surface area contributed by atoms with Gasteiger partial charge in [0.2, 0.25) is 0 Å². The Morgan fingerprint density at radius 1 is 1.29 bits per heavy atom. The highest BCUT2D eigenvalue weighted by atomic mass is 19.1. The van der Waals surface area contributed by atoms with Gasteiger partial charge in [-0.2, -0.15) is 0 Å². The fraction of sp³-hybridized carbons (Fsp3) is 0.562. The minimum Gasteiger partial charge on any atom is -0.336 e. The van der Waals surface area contributed by atoms with E-state index in [-0.39, 0.29) is 12.1 Å². The lowest BCUT2D eigenvalue weighted by Crippen LogP contribution is -2.50.